The molecule has 1 aromatic rings. The van der Waals surface area contributed by atoms with Gasteiger partial charge in [0.05, 0.1) is 0 Å². The van der Waals surface area contributed by atoms with Crippen LogP contribution in [0.15, 0.2) is 18.2 Å². The molecular formula is C25H42O4. The summed E-state index contributed by atoms with van der Waals surface area (Å²) in [5.74, 6) is -1.07. The molecule has 0 amide bonds. The van der Waals surface area contributed by atoms with Crippen molar-refractivity contribution in [3.05, 3.63) is 29.3 Å². The van der Waals surface area contributed by atoms with Gasteiger partial charge in [-0.2, -0.15) is 0 Å². The molecule has 0 aromatic heterocycles. The van der Waals surface area contributed by atoms with Crippen molar-refractivity contribution in [2.75, 3.05) is 0 Å². The SMILES string of the molecule is CCCCCCCCCCCCCCCCCCc1ccc(C(=O)O)c(OO)c1. The van der Waals surface area contributed by atoms with Gasteiger partial charge >= 0.3 is 5.97 Å². The number of hydrogen-bond donors (Lipinski definition) is 2. The summed E-state index contributed by atoms with van der Waals surface area (Å²) in [6.45, 7) is 2.27. The van der Waals surface area contributed by atoms with E-state index < -0.39 is 5.97 Å². The predicted molar refractivity (Wildman–Crippen MR) is 120 cm³/mol. The highest BCUT2D eigenvalue weighted by Gasteiger charge is 2.12. The van der Waals surface area contributed by atoms with Crippen LogP contribution >= 0.6 is 0 Å². The molecule has 166 valence electrons. The second kappa shape index (κ2) is 17.3. The van der Waals surface area contributed by atoms with Crippen LogP contribution < -0.4 is 4.89 Å². The molecule has 0 saturated carbocycles. The van der Waals surface area contributed by atoms with Crippen molar-refractivity contribution in [3.63, 3.8) is 0 Å². The standard InChI is InChI=1S/C25H42O4/c1-2-3-4-5-6-7-8-9-10-11-12-13-14-15-16-17-18-22-19-20-23(25(26)27)24(21-22)29-28/h19-21,28H,2-18H2,1H3,(H,26,27). The number of unbranched alkanes of at least 4 members (excludes halogenated alkanes) is 15. The summed E-state index contributed by atoms with van der Waals surface area (Å²) in [5, 5.41) is 17.9. The number of hydrogen-bond acceptors (Lipinski definition) is 3. The number of carboxylic acids is 1. The highest BCUT2D eigenvalue weighted by atomic mass is 17.1. The van der Waals surface area contributed by atoms with Gasteiger partial charge in [0.2, 0.25) is 0 Å². The van der Waals surface area contributed by atoms with E-state index in [4.69, 9.17) is 10.4 Å². The molecular weight excluding hydrogens is 364 g/mol. The first-order valence-corrected chi connectivity index (χ1v) is 11.9. The third-order valence-corrected chi connectivity index (χ3v) is 5.69. The summed E-state index contributed by atoms with van der Waals surface area (Å²) in [7, 11) is 0. The van der Waals surface area contributed by atoms with E-state index in [0.717, 1.165) is 18.4 Å². The van der Waals surface area contributed by atoms with Crippen LogP contribution in [0.4, 0.5) is 0 Å². The molecule has 4 heteroatoms. The van der Waals surface area contributed by atoms with Gasteiger partial charge in [0.25, 0.3) is 0 Å². The largest absolute Gasteiger partial charge is 0.478 e. The minimum Gasteiger partial charge on any atom is -0.478 e. The maximum absolute atomic E-state index is 11.0. The topological polar surface area (TPSA) is 66.8 Å². The lowest BCUT2D eigenvalue weighted by Gasteiger charge is -2.06. The molecule has 0 spiro atoms. The van der Waals surface area contributed by atoms with E-state index in [-0.39, 0.29) is 11.3 Å². The van der Waals surface area contributed by atoms with Gasteiger partial charge in [0, 0.05) is 0 Å². The molecule has 0 bridgehead atoms. The maximum atomic E-state index is 11.0. The molecule has 29 heavy (non-hydrogen) atoms. The van der Waals surface area contributed by atoms with Crippen LogP contribution in [0.25, 0.3) is 0 Å². The Morgan fingerprint density at radius 1 is 0.759 bits per heavy atom. The maximum Gasteiger partial charge on any atom is 0.339 e. The molecule has 0 unspecified atom stereocenters. The fraction of sp³-hybridized carbons (Fsp3) is 0.720. The molecule has 0 saturated heterocycles. The molecule has 2 N–H and O–H groups in total. The van der Waals surface area contributed by atoms with Gasteiger partial charge in [-0.1, -0.05) is 109 Å². The molecule has 0 radical (unpaired) electrons. The van der Waals surface area contributed by atoms with Crippen LogP contribution in [-0.4, -0.2) is 16.3 Å². The first kappa shape index (κ1) is 25.5. The fourth-order valence-electron chi connectivity index (χ4n) is 3.85. The van der Waals surface area contributed by atoms with Crippen LogP contribution in [0.2, 0.25) is 0 Å². The molecule has 0 fully saturated rings. The number of benzene rings is 1. The van der Waals surface area contributed by atoms with Crippen LogP contribution in [0.5, 0.6) is 5.75 Å². The number of rotatable bonds is 19. The lowest BCUT2D eigenvalue weighted by molar-refractivity contribution is -0.138. The minimum absolute atomic E-state index is 0.0109. The van der Waals surface area contributed by atoms with Gasteiger partial charge in [-0.15, -0.1) is 0 Å². The van der Waals surface area contributed by atoms with Crippen molar-refractivity contribution in [1.82, 2.24) is 0 Å². The van der Waals surface area contributed by atoms with Gasteiger partial charge < -0.3 is 9.99 Å². The molecule has 1 rings (SSSR count). The summed E-state index contributed by atoms with van der Waals surface area (Å²) in [4.78, 5) is 15.2. The summed E-state index contributed by atoms with van der Waals surface area (Å²) in [6.07, 6.45) is 22.5. The molecule has 1 aromatic carbocycles. The highest BCUT2D eigenvalue weighted by Crippen LogP contribution is 2.22. The van der Waals surface area contributed by atoms with E-state index in [1.165, 1.54) is 102 Å². The number of aryl methyl sites for hydroxylation is 1. The smallest absolute Gasteiger partial charge is 0.339 e. The van der Waals surface area contributed by atoms with Gasteiger partial charge in [-0.05, 0) is 30.5 Å². The zero-order valence-corrected chi connectivity index (χ0v) is 18.5. The number of carbonyl (C=O) groups is 1. The summed E-state index contributed by atoms with van der Waals surface area (Å²) in [5.41, 5.74) is 0.993. The predicted octanol–water partition coefficient (Wildman–Crippen LogP) is 8.04. The van der Waals surface area contributed by atoms with E-state index in [9.17, 15) is 4.79 Å². The Labute approximate surface area is 177 Å². The van der Waals surface area contributed by atoms with E-state index in [2.05, 4.69) is 11.8 Å². The van der Waals surface area contributed by atoms with Crippen molar-refractivity contribution in [2.24, 2.45) is 0 Å². The second-order valence-electron chi connectivity index (χ2n) is 8.28. The Balaban J connectivity index is 1.92. The fourth-order valence-corrected chi connectivity index (χ4v) is 3.85. The van der Waals surface area contributed by atoms with Crippen LogP contribution in [-0.2, 0) is 6.42 Å². The quantitative estimate of drug-likeness (QED) is 0.139. The lowest BCUT2D eigenvalue weighted by Crippen LogP contribution is -2.01. The Hall–Kier alpha value is -1.55. The lowest BCUT2D eigenvalue weighted by atomic mass is 10.0. The summed E-state index contributed by atoms with van der Waals surface area (Å²) >= 11 is 0. The average molecular weight is 407 g/mol. The summed E-state index contributed by atoms with van der Waals surface area (Å²) in [6, 6.07) is 4.92. The van der Waals surface area contributed by atoms with E-state index in [1.54, 1.807) is 12.1 Å². The average Bonchev–Trinajstić information content (AvgIpc) is 2.73. The monoisotopic (exact) mass is 406 g/mol. The number of carboxylic acid groups (broad SMARTS) is 1. The molecule has 0 heterocycles. The van der Waals surface area contributed by atoms with Gasteiger partial charge in [-0.3, -0.25) is 0 Å². The zero-order chi connectivity index (χ0) is 21.2. The third-order valence-electron chi connectivity index (χ3n) is 5.69. The molecule has 0 aliphatic carbocycles. The Morgan fingerprint density at radius 2 is 1.21 bits per heavy atom. The molecule has 0 aliphatic rings. The van der Waals surface area contributed by atoms with Crippen molar-refractivity contribution >= 4 is 5.97 Å². The molecule has 4 nitrogen and oxygen atoms in total. The van der Waals surface area contributed by atoms with Gasteiger partial charge in [-0.25, -0.2) is 10.1 Å². The second-order valence-corrected chi connectivity index (χ2v) is 8.28. The minimum atomic E-state index is -1.09. The highest BCUT2D eigenvalue weighted by molar-refractivity contribution is 5.90. The van der Waals surface area contributed by atoms with Crippen molar-refractivity contribution in [3.8, 4) is 5.75 Å². The summed E-state index contributed by atoms with van der Waals surface area (Å²) < 4.78 is 0. The van der Waals surface area contributed by atoms with Crippen molar-refractivity contribution in [2.45, 2.75) is 116 Å². The third kappa shape index (κ3) is 12.6. The normalized spacial score (nSPS) is 11.0. The molecule has 0 aliphatic heterocycles. The van der Waals surface area contributed by atoms with E-state index in [1.807, 2.05) is 0 Å². The Morgan fingerprint density at radius 3 is 1.62 bits per heavy atom. The van der Waals surface area contributed by atoms with Gasteiger partial charge in [0.1, 0.15) is 5.56 Å². The first-order chi connectivity index (χ1) is 14.2. The molecule has 0 atom stereocenters. The van der Waals surface area contributed by atoms with Gasteiger partial charge in [0.15, 0.2) is 5.75 Å². The Bertz CT molecular complexity index is 542. The van der Waals surface area contributed by atoms with Crippen LogP contribution in [0.3, 0.4) is 0 Å². The van der Waals surface area contributed by atoms with E-state index >= 15 is 0 Å². The van der Waals surface area contributed by atoms with Crippen molar-refractivity contribution in [1.29, 1.82) is 0 Å². The Kier molecular flexibility index (Phi) is 15.2. The first-order valence-electron chi connectivity index (χ1n) is 11.9. The van der Waals surface area contributed by atoms with E-state index in [0.29, 0.717) is 0 Å². The van der Waals surface area contributed by atoms with Crippen LogP contribution in [0.1, 0.15) is 126 Å². The van der Waals surface area contributed by atoms with Crippen molar-refractivity contribution < 1.29 is 20.0 Å². The zero-order valence-electron chi connectivity index (χ0n) is 18.5. The van der Waals surface area contributed by atoms with Crippen LogP contribution in [0, 0.1) is 0 Å². The number of aromatic carboxylic acids is 1.